The van der Waals surface area contributed by atoms with Crippen molar-refractivity contribution >= 4 is 33.6 Å². The molecule has 2 aromatic carbocycles. The lowest BCUT2D eigenvalue weighted by Crippen LogP contribution is -2.36. The maximum absolute atomic E-state index is 14.2. The van der Waals surface area contributed by atoms with Crippen molar-refractivity contribution in [2.75, 3.05) is 0 Å². The second kappa shape index (κ2) is 8.19. The van der Waals surface area contributed by atoms with Gasteiger partial charge in [-0.05, 0) is 44.5 Å². The molecular formula is C19H20BrClFNO2. The van der Waals surface area contributed by atoms with Gasteiger partial charge in [-0.1, -0.05) is 51.8 Å². The first-order valence-electron chi connectivity index (χ1n) is 7.84. The van der Waals surface area contributed by atoms with Crippen LogP contribution in [-0.2, 0) is 11.2 Å². The number of carbonyl (C=O) groups excluding carboxylic acids is 1. The summed E-state index contributed by atoms with van der Waals surface area (Å²) in [4.78, 5) is 12.2. The Morgan fingerprint density at radius 2 is 1.92 bits per heavy atom. The van der Waals surface area contributed by atoms with E-state index in [0.717, 1.165) is 10.0 Å². The standard InChI is InChI=1S/C19H20BrClFNO2/c1-19(2,3)25-18(24)23-17(12-7-4-5-8-14(12)20)11-13-15(21)9-6-10-16(13)22/h4-10,17H,11H2,1-3H3,(H,23,24). The van der Waals surface area contributed by atoms with Crippen molar-refractivity contribution in [2.45, 2.75) is 38.8 Å². The Hall–Kier alpha value is -1.59. The fraction of sp³-hybridized carbons (Fsp3) is 0.316. The van der Waals surface area contributed by atoms with Gasteiger partial charge in [-0.2, -0.15) is 0 Å². The molecule has 6 heteroatoms. The zero-order valence-corrected chi connectivity index (χ0v) is 16.6. The number of benzene rings is 2. The molecule has 0 saturated heterocycles. The van der Waals surface area contributed by atoms with Crippen LogP contribution in [0.25, 0.3) is 0 Å². The monoisotopic (exact) mass is 427 g/mol. The van der Waals surface area contributed by atoms with Crippen molar-refractivity contribution in [3.05, 3.63) is 68.9 Å². The van der Waals surface area contributed by atoms with Gasteiger partial charge in [-0.15, -0.1) is 0 Å². The third-order valence-corrected chi connectivity index (χ3v) is 4.52. The molecule has 0 bridgehead atoms. The lowest BCUT2D eigenvalue weighted by molar-refractivity contribution is 0.0503. The molecule has 1 atom stereocenters. The normalized spacial score (nSPS) is 12.6. The van der Waals surface area contributed by atoms with Gasteiger partial charge in [-0.3, -0.25) is 0 Å². The smallest absolute Gasteiger partial charge is 0.408 e. The van der Waals surface area contributed by atoms with Gasteiger partial charge in [0, 0.05) is 21.5 Å². The average Bonchev–Trinajstić information content (AvgIpc) is 2.48. The van der Waals surface area contributed by atoms with Crippen LogP contribution in [0.1, 0.15) is 37.9 Å². The summed E-state index contributed by atoms with van der Waals surface area (Å²) < 4.78 is 20.3. The van der Waals surface area contributed by atoms with E-state index in [0.29, 0.717) is 10.6 Å². The molecule has 0 heterocycles. The number of carbonyl (C=O) groups is 1. The van der Waals surface area contributed by atoms with E-state index in [-0.39, 0.29) is 6.42 Å². The third-order valence-electron chi connectivity index (χ3n) is 3.44. The predicted molar refractivity (Wildman–Crippen MR) is 101 cm³/mol. The number of ether oxygens (including phenoxy) is 1. The van der Waals surface area contributed by atoms with E-state index >= 15 is 0 Å². The molecule has 0 aliphatic heterocycles. The maximum atomic E-state index is 14.2. The topological polar surface area (TPSA) is 38.3 Å². The zero-order chi connectivity index (χ0) is 18.6. The summed E-state index contributed by atoms with van der Waals surface area (Å²) in [6.07, 6.45) is -0.367. The quantitative estimate of drug-likeness (QED) is 0.644. The minimum atomic E-state index is -0.627. The SMILES string of the molecule is CC(C)(C)OC(=O)NC(Cc1c(F)cccc1Cl)c1ccccc1Br. The molecule has 0 aromatic heterocycles. The number of halogens is 3. The number of nitrogens with one attached hydrogen (secondary N) is 1. The summed E-state index contributed by atoms with van der Waals surface area (Å²) in [5.41, 5.74) is 0.534. The van der Waals surface area contributed by atoms with Crippen LogP contribution in [0.3, 0.4) is 0 Å². The van der Waals surface area contributed by atoms with Gasteiger partial charge in [0.1, 0.15) is 11.4 Å². The lowest BCUT2D eigenvalue weighted by Gasteiger charge is -2.25. The fourth-order valence-electron chi connectivity index (χ4n) is 2.38. The molecule has 134 valence electrons. The predicted octanol–water partition coefficient (Wildman–Crippen LogP) is 6.05. The number of alkyl carbamates (subject to hydrolysis) is 1. The summed E-state index contributed by atoms with van der Waals surface area (Å²) in [7, 11) is 0. The summed E-state index contributed by atoms with van der Waals surface area (Å²) in [5, 5.41) is 3.14. The van der Waals surface area contributed by atoms with Crippen molar-refractivity contribution in [1.82, 2.24) is 5.32 Å². The van der Waals surface area contributed by atoms with Gasteiger partial charge in [0.2, 0.25) is 0 Å². The van der Waals surface area contributed by atoms with E-state index < -0.39 is 23.6 Å². The Kier molecular flexibility index (Phi) is 6.47. The summed E-state index contributed by atoms with van der Waals surface area (Å²) in [6.45, 7) is 5.36. The van der Waals surface area contributed by atoms with Crippen molar-refractivity contribution in [3.63, 3.8) is 0 Å². The van der Waals surface area contributed by atoms with Crippen LogP contribution in [0, 0.1) is 5.82 Å². The van der Waals surface area contributed by atoms with Crippen molar-refractivity contribution in [2.24, 2.45) is 0 Å². The molecule has 1 amide bonds. The second-order valence-electron chi connectivity index (χ2n) is 6.62. The van der Waals surface area contributed by atoms with Gasteiger partial charge < -0.3 is 10.1 Å². The first kappa shape index (κ1) is 19.7. The van der Waals surface area contributed by atoms with Crippen LogP contribution < -0.4 is 5.32 Å². The van der Waals surface area contributed by atoms with E-state index in [1.807, 2.05) is 24.3 Å². The Labute approximate surface area is 160 Å². The minimum absolute atomic E-state index is 0.202. The van der Waals surface area contributed by atoms with E-state index in [9.17, 15) is 9.18 Å². The maximum Gasteiger partial charge on any atom is 0.408 e. The van der Waals surface area contributed by atoms with Gasteiger partial charge in [0.15, 0.2) is 0 Å². The molecule has 0 saturated carbocycles. The summed E-state index contributed by atoms with van der Waals surface area (Å²) in [5.74, 6) is -0.407. The van der Waals surface area contributed by atoms with E-state index in [2.05, 4.69) is 21.2 Å². The number of amides is 1. The van der Waals surface area contributed by atoms with Crippen LogP contribution in [-0.4, -0.2) is 11.7 Å². The largest absolute Gasteiger partial charge is 0.444 e. The van der Waals surface area contributed by atoms with Crippen LogP contribution in [0.2, 0.25) is 5.02 Å². The number of rotatable bonds is 4. The second-order valence-corrected chi connectivity index (χ2v) is 7.89. The third kappa shape index (κ3) is 5.72. The molecule has 0 fully saturated rings. The lowest BCUT2D eigenvalue weighted by atomic mass is 9.98. The van der Waals surface area contributed by atoms with Gasteiger partial charge in [-0.25, -0.2) is 9.18 Å². The van der Waals surface area contributed by atoms with Crippen LogP contribution in [0.15, 0.2) is 46.9 Å². The average molecular weight is 429 g/mol. The first-order chi connectivity index (χ1) is 11.7. The highest BCUT2D eigenvalue weighted by Gasteiger charge is 2.24. The highest BCUT2D eigenvalue weighted by atomic mass is 79.9. The van der Waals surface area contributed by atoms with E-state index in [4.69, 9.17) is 16.3 Å². The molecular weight excluding hydrogens is 409 g/mol. The van der Waals surface area contributed by atoms with Crippen LogP contribution in [0.5, 0.6) is 0 Å². The highest BCUT2D eigenvalue weighted by molar-refractivity contribution is 9.10. The molecule has 25 heavy (non-hydrogen) atoms. The number of hydrogen-bond acceptors (Lipinski definition) is 2. The van der Waals surface area contributed by atoms with Crippen molar-refractivity contribution < 1.29 is 13.9 Å². The highest BCUT2D eigenvalue weighted by Crippen LogP contribution is 2.30. The first-order valence-corrected chi connectivity index (χ1v) is 9.01. The van der Waals surface area contributed by atoms with Crippen molar-refractivity contribution in [1.29, 1.82) is 0 Å². The molecule has 2 rings (SSSR count). The van der Waals surface area contributed by atoms with Gasteiger partial charge >= 0.3 is 6.09 Å². The Bertz CT molecular complexity index is 741. The fourth-order valence-corrected chi connectivity index (χ4v) is 3.18. The molecule has 0 aliphatic carbocycles. The Morgan fingerprint density at radius 1 is 1.24 bits per heavy atom. The van der Waals surface area contributed by atoms with E-state index in [1.54, 1.807) is 32.9 Å². The molecule has 0 aliphatic rings. The number of hydrogen-bond donors (Lipinski definition) is 1. The molecule has 2 aromatic rings. The zero-order valence-electron chi connectivity index (χ0n) is 14.3. The molecule has 0 spiro atoms. The molecule has 1 unspecified atom stereocenters. The Morgan fingerprint density at radius 3 is 2.52 bits per heavy atom. The minimum Gasteiger partial charge on any atom is -0.444 e. The van der Waals surface area contributed by atoms with Crippen LogP contribution >= 0.6 is 27.5 Å². The van der Waals surface area contributed by atoms with E-state index in [1.165, 1.54) is 6.07 Å². The summed E-state index contributed by atoms with van der Waals surface area (Å²) in [6, 6.07) is 11.5. The summed E-state index contributed by atoms with van der Waals surface area (Å²) >= 11 is 9.63. The van der Waals surface area contributed by atoms with Gasteiger partial charge in [0.25, 0.3) is 0 Å². The molecule has 3 nitrogen and oxygen atoms in total. The molecule has 0 radical (unpaired) electrons. The Balaban J connectivity index is 2.33. The van der Waals surface area contributed by atoms with Gasteiger partial charge in [0.05, 0.1) is 6.04 Å². The van der Waals surface area contributed by atoms with Crippen molar-refractivity contribution in [3.8, 4) is 0 Å². The molecule has 1 N–H and O–H groups in total. The van der Waals surface area contributed by atoms with Crippen LogP contribution in [0.4, 0.5) is 9.18 Å².